The summed E-state index contributed by atoms with van der Waals surface area (Å²) in [5, 5.41) is 9.06. The van der Waals surface area contributed by atoms with Crippen LogP contribution in [0.3, 0.4) is 0 Å². The molecule has 0 heterocycles. The lowest BCUT2D eigenvalue weighted by Gasteiger charge is -2.07. The minimum absolute atomic E-state index is 0.0153. The van der Waals surface area contributed by atoms with Gasteiger partial charge in [-0.05, 0) is 18.6 Å². The quantitative estimate of drug-likeness (QED) is 0.766. The van der Waals surface area contributed by atoms with Gasteiger partial charge >= 0.3 is 0 Å². The Morgan fingerprint density at radius 3 is 2.36 bits per heavy atom. The molecular formula is C10H8BrF2N. The fraction of sp³-hybridized carbons (Fsp3) is 0.300. The summed E-state index contributed by atoms with van der Waals surface area (Å²) < 4.78 is 26.2. The van der Waals surface area contributed by atoms with Crippen molar-refractivity contribution in [2.24, 2.45) is 5.92 Å². The molecule has 74 valence electrons. The molecule has 0 fully saturated rings. The molecule has 0 bridgehead atoms. The third-order valence-corrected chi connectivity index (χ3v) is 2.66. The highest BCUT2D eigenvalue weighted by Crippen LogP contribution is 2.17. The lowest BCUT2D eigenvalue weighted by atomic mass is 10.0. The van der Waals surface area contributed by atoms with Gasteiger partial charge < -0.3 is 0 Å². The van der Waals surface area contributed by atoms with Crippen LogP contribution in [0.4, 0.5) is 8.78 Å². The highest BCUT2D eigenvalue weighted by molar-refractivity contribution is 9.09. The third kappa shape index (κ3) is 2.52. The number of alkyl halides is 1. The van der Waals surface area contributed by atoms with E-state index >= 15 is 0 Å². The fourth-order valence-corrected chi connectivity index (χ4v) is 1.48. The van der Waals surface area contributed by atoms with Gasteiger partial charge in [0.2, 0.25) is 0 Å². The Kier molecular flexibility index (Phi) is 4.02. The summed E-state index contributed by atoms with van der Waals surface area (Å²) in [6.07, 6.45) is 0.0975. The molecule has 1 rings (SSSR count). The summed E-state index contributed by atoms with van der Waals surface area (Å²) >= 11 is 3.12. The normalized spacial score (nSPS) is 12.1. The van der Waals surface area contributed by atoms with Gasteiger partial charge in [-0.2, -0.15) is 5.26 Å². The van der Waals surface area contributed by atoms with Gasteiger partial charge in [-0.15, -0.1) is 0 Å². The van der Waals surface area contributed by atoms with Gasteiger partial charge in [-0.25, -0.2) is 8.78 Å². The minimum atomic E-state index is -0.591. The van der Waals surface area contributed by atoms with Crippen molar-refractivity contribution in [3.63, 3.8) is 0 Å². The Morgan fingerprint density at radius 2 is 1.93 bits per heavy atom. The SMILES string of the molecule is N#CC(CBr)Cc1c(F)cccc1F. The molecule has 1 atom stereocenters. The van der Waals surface area contributed by atoms with Crippen LogP contribution in [-0.2, 0) is 6.42 Å². The van der Waals surface area contributed by atoms with Gasteiger partial charge in [-0.3, -0.25) is 0 Å². The van der Waals surface area contributed by atoms with E-state index in [1.165, 1.54) is 18.2 Å². The fourth-order valence-electron chi connectivity index (χ4n) is 1.11. The Labute approximate surface area is 89.5 Å². The second-order valence-corrected chi connectivity index (χ2v) is 3.53. The Morgan fingerprint density at radius 1 is 1.36 bits per heavy atom. The van der Waals surface area contributed by atoms with E-state index in [2.05, 4.69) is 15.9 Å². The number of hydrogen-bond acceptors (Lipinski definition) is 1. The van der Waals surface area contributed by atoms with Gasteiger partial charge in [0, 0.05) is 10.9 Å². The number of hydrogen-bond donors (Lipinski definition) is 0. The first-order valence-corrected chi connectivity index (χ1v) is 5.19. The first-order chi connectivity index (χ1) is 6.69. The largest absolute Gasteiger partial charge is 0.207 e. The van der Waals surface area contributed by atoms with Crippen LogP contribution in [0.25, 0.3) is 0 Å². The maximum absolute atomic E-state index is 13.1. The maximum Gasteiger partial charge on any atom is 0.129 e. The summed E-state index contributed by atoms with van der Waals surface area (Å²) in [7, 11) is 0. The molecule has 1 aromatic rings. The van der Waals surface area contributed by atoms with Gasteiger partial charge in [0.05, 0.1) is 12.0 Å². The number of nitriles is 1. The molecule has 14 heavy (non-hydrogen) atoms. The van der Waals surface area contributed by atoms with E-state index in [-0.39, 0.29) is 12.0 Å². The molecule has 0 saturated carbocycles. The zero-order valence-electron chi connectivity index (χ0n) is 7.30. The molecule has 0 aliphatic heterocycles. The van der Waals surface area contributed by atoms with E-state index in [0.29, 0.717) is 5.33 Å². The third-order valence-electron chi connectivity index (χ3n) is 1.88. The summed E-state index contributed by atoms with van der Waals surface area (Å²) in [6.45, 7) is 0. The Balaban J connectivity index is 2.91. The second kappa shape index (κ2) is 5.06. The van der Waals surface area contributed by atoms with E-state index in [1.54, 1.807) is 0 Å². The molecule has 1 nitrogen and oxygen atoms in total. The highest BCUT2D eigenvalue weighted by Gasteiger charge is 2.14. The second-order valence-electron chi connectivity index (χ2n) is 2.88. The standard InChI is InChI=1S/C10H8BrF2N/c11-5-7(6-14)4-8-9(12)2-1-3-10(8)13/h1-3,7H,4-5H2. The van der Waals surface area contributed by atoms with Crippen molar-refractivity contribution in [3.8, 4) is 6.07 Å². The van der Waals surface area contributed by atoms with Crippen LogP contribution in [0, 0.1) is 28.9 Å². The van der Waals surface area contributed by atoms with Crippen molar-refractivity contribution >= 4 is 15.9 Å². The number of benzene rings is 1. The minimum Gasteiger partial charge on any atom is -0.207 e. The molecular weight excluding hydrogens is 252 g/mol. The highest BCUT2D eigenvalue weighted by atomic mass is 79.9. The van der Waals surface area contributed by atoms with Crippen molar-refractivity contribution in [1.29, 1.82) is 5.26 Å². The van der Waals surface area contributed by atoms with E-state index in [1.807, 2.05) is 6.07 Å². The first kappa shape index (κ1) is 11.1. The zero-order valence-corrected chi connectivity index (χ0v) is 8.89. The van der Waals surface area contributed by atoms with Crippen molar-refractivity contribution in [2.45, 2.75) is 6.42 Å². The molecule has 0 N–H and O–H groups in total. The Bertz CT molecular complexity index is 339. The summed E-state index contributed by atoms with van der Waals surface area (Å²) in [5.41, 5.74) is -0.0153. The number of halogens is 3. The van der Waals surface area contributed by atoms with E-state index < -0.39 is 17.6 Å². The molecule has 0 saturated heterocycles. The lowest BCUT2D eigenvalue weighted by Crippen LogP contribution is -2.06. The van der Waals surface area contributed by atoms with Crippen molar-refractivity contribution in [1.82, 2.24) is 0 Å². The van der Waals surface area contributed by atoms with Gasteiger partial charge in [0.1, 0.15) is 11.6 Å². The average Bonchev–Trinajstić information content (AvgIpc) is 2.18. The van der Waals surface area contributed by atoms with Crippen LogP contribution < -0.4 is 0 Å². The molecule has 1 aromatic carbocycles. The first-order valence-electron chi connectivity index (χ1n) is 4.07. The lowest BCUT2D eigenvalue weighted by molar-refractivity contribution is 0.542. The van der Waals surface area contributed by atoms with Crippen LogP contribution in [0.1, 0.15) is 5.56 Å². The van der Waals surface area contributed by atoms with Gasteiger partial charge in [-0.1, -0.05) is 22.0 Å². The van der Waals surface area contributed by atoms with Crippen molar-refractivity contribution < 1.29 is 8.78 Å². The molecule has 0 aromatic heterocycles. The Hall–Kier alpha value is -0.950. The number of rotatable bonds is 3. The molecule has 0 aliphatic rings. The zero-order chi connectivity index (χ0) is 10.6. The van der Waals surface area contributed by atoms with Crippen LogP contribution in [0.5, 0.6) is 0 Å². The topological polar surface area (TPSA) is 23.8 Å². The molecule has 1 unspecified atom stereocenters. The van der Waals surface area contributed by atoms with Gasteiger partial charge in [0.25, 0.3) is 0 Å². The number of nitrogens with zero attached hydrogens (tertiary/aromatic N) is 1. The van der Waals surface area contributed by atoms with E-state index in [0.717, 1.165) is 0 Å². The van der Waals surface area contributed by atoms with Crippen LogP contribution in [-0.4, -0.2) is 5.33 Å². The smallest absolute Gasteiger partial charge is 0.129 e. The molecule has 0 amide bonds. The van der Waals surface area contributed by atoms with Crippen LogP contribution in [0.15, 0.2) is 18.2 Å². The van der Waals surface area contributed by atoms with Gasteiger partial charge in [0.15, 0.2) is 0 Å². The van der Waals surface area contributed by atoms with Crippen LogP contribution in [0.2, 0.25) is 0 Å². The molecule has 0 aliphatic carbocycles. The predicted octanol–water partition coefficient (Wildman–Crippen LogP) is 3.04. The summed E-state index contributed by atoms with van der Waals surface area (Å²) in [6, 6.07) is 5.67. The maximum atomic E-state index is 13.1. The molecule has 0 radical (unpaired) electrons. The van der Waals surface area contributed by atoms with Crippen LogP contribution >= 0.6 is 15.9 Å². The predicted molar refractivity (Wildman–Crippen MR) is 53.0 cm³/mol. The van der Waals surface area contributed by atoms with E-state index in [9.17, 15) is 8.78 Å². The van der Waals surface area contributed by atoms with Crippen molar-refractivity contribution in [2.75, 3.05) is 5.33 Å². The monoisotopic (exact) mass is 259 g/mol. The molecule has 0 spiro atoms. The summed E-state index contributed by atoms with van der Waals surface area (Å²) in [5.74, 6) is -1.58. The molecule has 4 heteroatoms. The van der Waals surface area contributed by atoms with Crippen molar-refractivity contribution in [3.05, 3.63) is 35.4 Å². The summed E-state index contributed by atoms with van der Waals surface area (Å²) in [4.78, 5) is 0. The van der Waals surface area contributed by atoms with E-state index in [4.69, 9.17) is 5.26 Å². The average molecular weight is 260 g/mol.